The molecule has 1 heterocycles. The Morgan fingerprint density at radius 1 is 1.54 bits per heavy atom. The molecule has 0 N–H and O–H groups in total. The Hall–Kier alpha value is -0.463. The summed E-state index contributed by atoms with van der Waals surface area (Å²) in [5.41, 5.74) is 0. The normalized spacial score (nSPS) is 15.5. The van der Waals surface area contributed by atoms with Gasteiger partial charge in [0.25, 0.3) is 0 Å². The van der Waals surface area contributed by atoms with Gasteiger partial charge in [0.2, 0.25) is 5.96 Å². The van der Waals surface area contributed by atoms with Crippen molar-refractivity contribution in [3.63, 3.8) is 0 Å². The van der Waals surface area contributed by atoms with Crippen LogP contribution in [0.3, 0.4) is 0 Å². The van der Waals surface area contributed by atoms with Crippen LogP contribution in [-0.2, 0) is 0 Å². The molecule has 1 aliphatic rings. The smallest absolute Gasteiger partial charge is 1.00 e. The van der Waals surface area contributed by atoms with Gasteiger partial charge in [-0.3, -0.25) is 0 Å². The molecule has 0 saturated heterocycles. The van der Waals surface area contributed by atoms with Crippen molar-refractivity contribution in [3.8, 4) is 0 Å². The first-order valence-corrected chi connectivity index (χ1v) is 4.13. The monoisotopic (exact) mass is 176 g/mol. The molecule has 0 atom stereocenters. The van der Waals surface area contributed by atoms with E-state index in [9.17, 15) is 0 Å². The number of hydrogen-bond acceptors (Lipinski definition) is 4. The van der Waals surface area contributed by atoms with Crippen LogP contribution in [0.2, 0.25) is 0 Å². The van der Waals surface area contributed by atoms with E-state index in [0.717, 1.165) is 5.96 Å². The van der Waals surface area contributed by atoms with Gasteiger partial charge in [-0.15, -0.1) is 0 Å². The van der Waals surface area contributed by atoms with Crippen molar-refractivity contribution in [3.05, 3.63) is 0 Å². The van der Waals surface area contributed by atoms with Crippen LogP contribution >= 0.6 is 0 Å². The number of hydrogen-bond donors (Lipinski definition) is 0. The number of aliphatic imine (C=N–C) groups is 2. The molecule has 70 valence electrons. The third kappa shape index (κ3) is 3.41. The molecule has 0 aromatic carbocycles. The molecule has 0 unspecified atom stereocenters. The van der Waals surface area contributed by atoms with Crippen molar-refractivity contribution >= 4 is 12.3 Å². The molecule has 1 rings (SSSR count). The van der Waals surface area contributed by atoms with Crippen LogP contribution in [0.4, 0.5) is 0 Å². The first-order valence-electron chi connectivity index (χ1n) is 4.13. The maximum absolute atomic E-state index is 4.30. The molecular weight excluding hydrogens is 159 g/mol. The molecule has 0 aliphatic carbocycles. The summed E-state index contributed by atoms with van der Waals surface area (Å²) in [5, 5.41) is 0. The first-order chi connectivity index (χ1) is 5.61. The van der Waals surface area contributed by atoms with Crippen molar-refractivity contribution in [1.82, 2.24) is 9.80 Å². The molecule has 13 heavy (non-hydrogen) atoms. The van der Waals surface area contributed by atoms with Crippen molar-refractivity contribution in [2.24, 2.45) is 9.98 Å². The first kappa shape index (κ1) is 12.5. The third-order valence-corrected chi connectivity index (χ3v) is 1.76. The van der Waals surface area contributed by atoms with Crippen LogP contribution in [0.25, 0.3) is 0 Å². The Balaban J connectivity index is 0. The van der Waals surface area contributed by atoms with E-state index in [4.69, 9.17) is 0 Å². The van der Waals surface area contributed by atoms with E-state index in [1.165, 1.54) is 0 Å². The van der Waals surface area contributed by atoms with Crippen LogP contribution in [0.1, 0.15) is 15.3 Å². The van der Waals surface area contributed by atoms with Crippen molar-refractivity contribution in [1.29, 1.82) is 0 Å². The maximum atomic E-state index is 4.30. The summed E-state index contributed by atoms with van der Waals surface area (Å²) < 4.78 is 0. The fourth-order valence-electron chi connectivity index (χ4n) is 0.902. The second-order valence-corrected chi connectivity index (χ2v) is 3.35. The molecule has 0 aromatic rings. The summed E-state index contributed by atoms with van der Waals surface area (Å²) >= 11 is 0. The number of nitrogens with zero attached hydrogens (tertiary/aromatic N) is 4. The van der Waals surface area contributed by atoms with Gasteiger partial charge in [0.1, 0.15) is 6.67 Å². The minimum Gasteiger partial charge on any atom is -1.00 e. The van der Waals surface area contributed by atoms with Gasteiger partial charge in [0.05, 0.1) is 6.34 Å². The van der Waals surface area contributed by atoms with Crippen molar-refractivity contribution in [2.75, 3.05) is 20.8 Å². The Bertz CT molecular complexity index is 215. The van der Waals surface area contributed by atoms with Crippen LogP contribution in [0, 0.1) is 0 Å². The van der Waals surface area contributed by atoms with Crippen LogP contribution < -0.4 is 18.9 Å². The third-order valence-electron chi connectivity index (χ3n) is 1.76. The van der Waals surface area contributed by atoms with Crippen LogP contribution in [0.15, 0.2) is 9.98 Å². The molecule has 0 saturated carbocycles. The fraction of sp³-hybridized carbons (Fsp3) is 0.750. The van der Waals surface area contributed by atoms with E-state index in [-0.39, 0.29) is 20.3 Å². The molecule has 0 fully saturated rings. The minimum atomic E-state index is 0. The Morgan fingerprint density at radius 2 is 2.15 bits per heavy atom. The van der Waals surface area contributed by atoms with Crippen LogP contribution in [-0.4, -0.2) is 48.9 Å². The minimum absolute atomic E-state index is 0. The number of rotatable bonds is 1. The largest absolute Gasteiger partial charge is 1.00 e. The fourth-order valence-corrected chi connectivity index (χ4v) is 0.902. The van der Waals surface area contributed by atoms with Gasteiger partial charge in [-0.05, 0) is 13.8 Å². The van der Waals surface area contributed by atoms with Crippen molar-refractivity contribution in [2.45, 2.75) is 19.9 Å². The molecule has 0 radical (unpaired) electrons. The summed E-state index contributed by atoms with van der Waals surface area (Å²) in [6.07, 6.45) is 1.85. The average Bonchev–Trinajstić information content (AvgIpc) is 2.04. The SMILES string of the molecule is CC(C)N1C=NC(N(C)C)=NC1.[H-].[Li+]. The molecule has 0 aromatic heterocycles. The molecule has 0 amide bonds. The molecule has 4 nitrogen and oxygen atoms in total. The van der Waals surface area contributed by atoms with E-state index in [1.54, 1.807) is 0 Å². The molecular formula is C8H17LiN4. The van der Waals surface area contributed by atoms with Crippen LogP contribution in [0.5, 0.6) is 0 Å². The quantitative estimate of drug-likeness (QED) is 0.422. The van der Waals surface area contributed by atoms with E-state index in [0.29, 0.717) is 12.7 Å². The molecule has 5 heteroatoms. The summed E-state index contributed by atoms with van der Waals surface area (Å²) in [4.78, 5) is 12.5. The second kappa shape index (κ2) is 5.31. The van der Waals surface area contributed by atoms with Gasteiger partial charge in [0.15, 0.2) is 0 Å². The summed E-state index contributed by atoms with van der Waals surface area (Å²) in [5.74, 6) is 0.798. The topological polar surface area (TPSA) is 31.2 Å². The second-order valence-electron chi connectivity index (χ2n) is 3.35. The van der Waals surface area contributed by atoms with Gasteiger partial charge >= 0.3 is 18.9 Å². The molecule has 0 spiro atoms. The van der Waals surface area contributed by atoms with E-state index in [1.807, 2.05) is 25.3 Å². The molecule has 0 bridgehead atoms. The van der Waals surface area contributed by atoms with Gasteiger partial charge in [-0.1, -0.05) is 0 Å². The van der Waals surface area contributed by atoms with Gasteiger partial charge in [0, 0.05) is 20.1 Å². The summed E-state index contributed by atoms with van der Waals surface area (Å²) in [7, 11) is 3.89. The van der Waals surface area contributed by atoms with Gasteiger partial charge in [-0.25, -0.2) is 9.98 Å². The summed E-state index contributed by atoms with van der Waals surface area (Å²) in [6.45, 7) is 4.97. The standard InChI is InChI=1S/C8H16N4.Li.H/c1-7(2)12-5-9-8(10-6-12)11(3)4;;/h5,7H,6H2,1-4H3;;/q;+1;-1. The zero-order valence-electron chi connectivity index (χ0n) is 10.2. The van der Waals surface area contributed by atoms with E-state index >= 15 is 0 Å². The Kier molecular flexibility index (Phi) is 5.12. The maximum Gasteiger partial charge on any atom is 1.00 e. The van der Waals surface area contributed by atoms with Crippen molar-refractivity contribution < 1.29 is 20.3 Å². The zero-order valence-corrected chi connectivity index (χ0v) is 9.15. The zero-order chi connectivity index (χ0) is 9.14. The molecule has 1 aliphatic heterocycles. The van der Waals surface area contributed by atoms with E-state index in [2.05, 4.69) is 28.7 Å². The van der Waals surface area contributed by atoms with Gasteiger partial charge < -0.3 is 11.2 Å². The Labute approximate surface area is 93.4 Å². The van der Waals surface area contributed by atoms with Gasteiger partial charge in [-0.2, -0.15) is 0 Å². The predicted molar refractivity (Wildman–Crippen MR) is 52.6 cm³/mol. The Morgan fingerprint density at radius 3 is 2.46 bits per heavy atom. The van der Waals surface area contributed by atoms with E-state index < -0.39 is 0 Å². The summed E-state index contributed by atoms with van der Waals surface area (Å²) in [6, 6.07) is 0.473. The number of guanidine groups is 1. The average molecular weight is 176 g/mol. The predicted octanol–water partition coefficient (Wildman–Crippen LogP) is -2.27.